The SMILES string of the molecule is Cc1ocnc1CNC(=O)N1CCN(C(C)c2ccsc2)CC1. The molecule has 2 amide bonds. The maximum atomic E-state index is 12.2. The van der Waals surface area contributed by atoms with E-state index in [1.807, 2.05) is 11.8 Å². The fourth-order valence-electron chi connectivity index (χ4n) is 2.81. The number of aromatic nitrogens is 1. The van der Waals surface area contributed by atoms with E-state index in [1.54, 1.807) is 11.3 Å². The molecule has 2 aromatic heterocycles. The van der Waals surface area contributed by atoms with Gasteiger partial charge in [0.15, 0.2) is 6.39 Å². The van der Waals surface area contributed by atoms with E-state index in [2.05, 4.69) is 39.0 Å². The Labute approximate surface area is 140 Å². The van der Waals surface area contributed by atoms with Crippen LogP contribution in [0.2, 0.25) is 0 Å². The third-order valence-corrected chi connectivity index (χ3v) is 5.13. The Kier molecular flexibility index (Phi) is 4.97. The second-order valence-corrected chi connectivity index (χ2v) is 6.55. The summed E-state index contributed by atoms with van der Waals surface area (Å²) in [5.41, 5.74) is 2.14. The Balaban J connectivity index is 1.47. The van der Waals surface area contributed by atoms with Crippen molar-refractivity contribution in [3.05, 3.63) is 40.2 Å². The summed E-state index contributed by atoms with van der Waals surface area (Å²) in [7, 11) is 0. The summed E-state index contributed by atoms with van der Waals surface area (Å²) in [4.78, 5) is 20.6. The maximum absolute atomic E-state index is 12.2. The summed E-state index contributed by atoms with van der Waals surface area (Å²) in [5, 5.41) is 7.23. The van der Waals surface area contributed by atoms with Gasteiger partial charge in [0, 0.05) is 32.2 Å². The summed E-state index contributed by atoms with van der Waals surface area (Å²) in [6.07, 6.45) is 1.40. The normalized spacial score (nSPS) is 17.2. The van der Waals surface area contributed by atoms with E-state index in [9.17, 15) is 4.79 Å². The summed E-state index contributed by atoms with van der Waals surface area (Å²) in [6.45, 7) is 7.77. The molecule has 0 aliphatic carbocycles. The predicted molar refractivity (Wildman–Crippen MR) is 89.4 cm³/mol. The van der Waals surface area contributed by atoms with Crippen molar-refractivity contribution < 1.29 is 9.21 Å². The monoisotopic (exact) mass is 334 g/mol. The summed E-state index contributed by atoms with van der Waals surface area (Å²) in [6, 6.07) is 2.55. The Bertz CT molecular complexity index is 632. The number of nitrogens with zero attached hydrogens (tertiary/aromatic N) is 3. The third kappa shape index (κ3) is 3.73. The van der Waals surface area contributed by atoms with E-state index in [4.69, 9.17) is 4.42 Å². The van der Waals surface area contributed by atoms with E-state index < -0.39 is 0 Å². The number of hydrogen-bond acceptors (Lipinski definition) is 5. The molecule has 1 unspecified atom stereocenters. The number of carbonyl (C=O) groups is 1. The van der Waals surface area contributed by atoms with Crippen molar-refractivity contribution in [2.45, 2.75) is 26.4 Å². The second kappa shape index (κ2) is 7.14. The number of aryl methyl sites for hydroxylation is 1. The van der Waals surface area contributed by atoms with Gasteiger partial charge in [-0.3, -0.25) is 4.90 Å². The zero-order chi connectivity index (χ0) is 16.2. The minimum Gasteiger partial charge on any atom is -0.448 e. The highest BCUT2D eigenvalue weighted by Crippen LogP contribution is 2.23. The molecule has 3 rings (SSSR count). The molecule has 6 nitrogen and oxygen atoms in total. The molecule has 1 N–H and O–H groups in total. The van der Waals surface area contributed by atoms with Gasteiger partial charge >= 0.3 is 6.03 Å². The number of nitrogens with one attached hydrogen (secondary N) is 1. The van der Waals surface area contributed by atoms with Gasteiger partial charge in [-0.15, -0.1) is 0 Å². The number of piperazine rings is 1. The topological polar surface area (TPSA) is 61.6 Å². The van der Waals surface area contributed by atoms with Crippen LogP contribution in [0.5, 0.6) is 0 Å². The molecular weight excluding hydrogens is 312 g/mol. The summed E-state index contributed by atoms with van der Waals surface area (Å²) < 4.78 is 5.14. The smallest absolute Gasteiger partial charge is 0.317 e. The quantitative estimate of drug-likeness (QED) is 0.934. The Morgan fingerprint density at radius 3 is 2.83 bits per heavy atom. The van der Waals surface area contributed by atoms with Crippen molar-refractivity contribution in [2.24, 2.45) is 0 Å². The molecule has 0 bridgehead atoms. The number of carbonyl (C=O) groups excluding carboxylic acids is 1. The third-order valence-electron chi connectivity index (χ3n) is 4.43. The number of thiophene rings is 1. The zero-order valence-electron chi connectivity index (χ0n) is 13.5. The average molecular weight is 334 g/mol. The molecule has 3 heterocycles. The second-order valence-electron chi connectivity index (χ2n) is 5.77. The average Bonchev–Trinajstić information content (AvgIpc) is 3.24. The molecule has 7 heteroatoms. The molecule has 0 spiro atoms. The van der Waals surface area contributed by atoms with Crippen LogP contribution in [-0.2, 0) is 6.54 Å². The number of amides is 2. The van der Waals surface area contributed by atoms with Crippen molar-refractivity contribution in [2.75, 3.05) is 26.2 Å². The van der Waals surface area contributed by atoms with E-state index in [-0.39, 0.29) is 6.03 Å². The summed E-state index contributed by atoms with van der Waals surface area (Å²) in [5.74, 6) is 0.750. The molecule has 1 aliphatic heterocycles. The number of hydrogen-bond donors (Lipinski definition) is 1. The lowest BCUT2D eigenvalue weighted by molar-refractivity contribution is 0.114. The van der Waals surface area contributed by atoms with Crippen LogP contribution in [0.3, 0.4) is 0 Å². The summed E-state index contributed by atoms with van der Waals surface area (Å²) >= 11 is 1.73. The van der Waals surface area contributed by atoms with Gasteiger partial charge in [0.05, 0.1) is 6.54 Å². The first-order chi connectivity index (χ1) is 11.1. The molecule has 2 aromatic rings. The lowest BCUT2D eigenvalue weighted by Crippen LogP contribution is -2.52. The van der Waals surface area contributed by atoms with Gasteiger partial charge < -0.3 is 14.6 Å². The number of oxazole rings is 1. The highest BCUT2D eigenvalue weighted by molar-refractivity contribution is 7.07. The van der Waals surface area contributed by atoms with Crippen molar-refractivity contribution >= 4 is 17.4 Å². The molecule has 1 atom stereocenters. The van der Waals surface area contributed by atoms with Crippen LogP contribution in [0.4, 0.5) is 4.79 Å². The molecular formula is C16H22N4O2S. The largest absolute Gasteiger partial charge is 0.448 e. The van der Waals surface area contributed by atoms with Gasteiger partial charge in [-0.1, -0.05) is 0 Å². The predicted octanol–water partition coefficient (Wildman–Crippen LogP) is 2.63. The van der Waals surface area contributed by atoms with Crippen LogP contribution in [0.25, 0.3) is 0 Å². The van der Waals surface area contributed by atoms with Gasteiger partial charge in [-0.05, 0) is 36.2 Å². The standard InChI is InChI=1S/C16H22N4O2S/c1-12(14-3-8-23-10-14)19-4-6-20(7-5-19)16(21)17-9-15-13(2)22-11-18-15/h3,8,10-12H,4-7,9H2,1-2H3,(H,17,21). The molecule has 1 fully saturated rings. The fourth-order valence-corrected chi connectivity index (χ4v) is 3.55. The first kappa shape index (κ1) is 16.0. The van der Waals surface area contributed by atoms with E-state index in [0.29, 0.717) is 12.6 Å². The molecule has 23 heavy (non-hydrogen) atoms. The highest BCUT2D eigenvalue weighted by atomic mass is 32.1. The lowest BCUT2D eigenvalue weighted by atomic mass is 10.1. The van der Waals surface area contributed by atoms with Gasteiger partial charge in [-0.2, -0.15) is 11.3 Å². The zero-order valence-corrected chi connectivity index (χ0v) is 14.3. The highest BCUT2D eigenvalue weighted by Gasteiger charge is 2.24. The maximum Gasteiger partial charge on any atom is 0.317 e. The first-order valence-corrected chi connectivity index (χ1v) is 8.77. The van der Waals surface area contributed by atoms with Crippen molar-refractivity contribution in [3.8, 4) is 0 Å². The van der Waals surface area contributed by atoms with Gasteiger partial charge in [0.25, 0.3) is 0 Å². The minimum absolute atomic E-state index is 0.0322. The van der Waals surface area contributed by atoms with Gasteiger partial charge in [0.2, 0.25) is 0 Å². The van der Waals surface area contributed by atoms with E-state index in [0.717, 1.165) is 37.6 Å². The first-order valence-electron chi connectivity index (χ1n) is 7.83. The van der Waals surface area contributed by atoms with E-state index in [1.165, 1.54) is 12.0 Å². The van der Waals surface area contributed by atoms with Crippen LogP contribution < -0.4 is 5.32 Å². The number of urea groups is 1. The fraction of sp³-hybridized carbons (Fsp3) is 0.500. The van der Waals surface area contributed by atoms with Crippen molar-refractivity contribution in [1.29, 1.82) is 0 Å². The Hall–Kier alpha value is -1.86. The van der Waals surface area contributed by atoms with Crippen LogP contribution >= 0.6 is 11.3 Å². The van der Waals surface area contributed by atoms with Crippen molar-refractivity contribution in [1.82, 2.24) is 20.1 Å². The van der Waals surface area contributed by atoms with Gasteiger partial charge in [-0.25, -0.2) is 9.78 Å². The number of rotatable bonds is 4. The molecule has 124 valence electrons. The molecule has 1 aliphatic rings. The molecule has 0 saturated carbocycles. The van der Waals surface area contributed by atoms with Gasteiger partial charge in [0.1, 0.15) is 11.5 Å². The minimum atomic E-state index is -0.0322. The van der Waals surface area contributed by atoms with Crippen molar-refractivity contribution in [3.63, 3.8) is 0 Å². The lowest BCUT2D eigenvalue weighted by Gasteiger charge is -2.37. The molecule has 0 radical (unpaired) electrons. The van der Waals surface area contributed by atoms with Crippen LogP contribution in [0.15, 0.2) is 27.6 Å². The Morgan fingerprint density at radius 2 is 2.22 bits per heavy atom. The molecule has 0 aromatic carbocycles. The van der Waals surface area contributed by atoms with Crippen LogP contribution in [0.1, 0.15) is 30.0 Å². The van der Waals surface area contributed by atoms with Crippen LogP contribution in [-0.4, -0.2) is 47.0 Å². The molecule has 1 saturated heterocycles. The van der Waals surface area contributed by atoms with E-state index >= 15 is 0 Å². The van der Waals surface area contributed by atoms with Crippen LogP contribution in [0, 0.1) is 6.92 Å². The Morgan fingerprint density at radius 1 is 1.43 bits per heavy atom.